The van der Waals surface area contributed by atoms with Gasteiger partial charge in [0.05, 0.1) is 13.2 Å². The largest absolute Gasteiger partial charge is 0.458 e. The summed E-state index contributed by atoms with van der Waals surface area (Å²) in [5.74, 6) is -0.326. The number of carbonyl (C=O) groups is 1. The highest BCUT2D eigenvalue weighted by Crippen LogP contribution is 2.40. The predicted octanol–water partition coefficient (Wildman–Crippen LogP) is 6.54. The Bertz CT molecular complexity index is 932. The lowest BCUT2D eigenvalue weighted by Gasteiger charge is -2.36. The molecule has 198 valence electrons. The summed E-state index contributed by atoms with van der Waals surface area (Å²) in [5.41, 5.74) is 2.04. The third kappa shape index (κ3) is 9.12. The van der Waals surface area contributed by atoms with Gasteiger partial charge in [-0.15, -0.1) is 0 Å². The van der Waals surface area contributed by atoms with Crippen molar-refractivity contribution >= 4 is 5.97 Å². The first-order chi connectivity index (χ1) is 17.9. The van der Waals surface area contributed by atoms with Crippen molar-refractivity contribution in [3.05, 3.63) is 108 Å². The minimum absolute atomic E-state index is 0.00288. The molecule has 5 nitrogen and oxygen atoms in total. The van der Waals surface area contributed by atoms with Gasteiger partial charge >= 0.3 is 5.97 Å². The van der Waals surface area contributed by atoms with Gasteiger partial charge in [-0.1, -0.05) is 91.0 Å². The Kier molecular flexibility index (Phi) is 11.3. The first-order valence-electron chi connectivity index (χ1n) is 13.1. The second kappa shape index (κ2) is 14.7. The Morgan fingerprint density at radius 1 is 0.595 bits per heavy atom. The van der Waals surface area contributed by atoms with Gasteiger partial charge in [0.25, 0.3) is 0 Å². The van der Waals surface area contributed by atoms with Crippen LogP contribution in [0.4, 0.5) is 0 Å². The van der Waals surface area contributed by atoms with E-state index in [1.54, 1.807) is 0 Å². The molecule has 0 aromatic heterocycles. The number of hydrogen-bond donors (Lipinski definition) is 0. The number of rotatable bonds is 15. The smallest absolute Gasteiger partial charge is 0.332 e. The van der Waals surface area contributed by atoms with E-state index in [1.807, 2.05) is 75.4 Å². The predicted molar refractivity (Wildman–Crippen MR) is 146 cm³/mol. The van der Waals surface area contributed by atoms with Crippen LogP contribution < -0.4 is 0 Å². The lowest BCUT2D eigenvalue weighted by atomic mass is 9.80. The Labute approximate surface area is 221 Å². The van der Waals surface area contributed by atoms with Gasteiger partial charge in [0.2, 0.25) is 0 Å². The molecule has 37 heavy (non-hydrogen) atoms. The van der Waals surface area contributed by atoms with Crippen molar-refractivity contribution in [2.24, 2.45) is 0 Å². The third-order valence-electron chi connectivity index (χ3n) is 5.80. The van der Waals surface area contributed by atoms with Crippen LogP contribution >= 0.6 is 0 Å². The second-order valence-corrected chi connectivity index (χ2v) is 9.94. The lowest BCUT2D eigenvalue weighted by Crippen LogP contribution is -2.34. The van der Waals surface area contributed by atoms with Crippen LogP contribution in [-0.2, 0) is 29.3 Å². The molecular formula is C32H40O5. The molecule has 0 radical (unpaired) electrons. The molecule has 3 aromatic rings. The molecule has 0 saturated carbocycles. The van der Waals surface area contributed by atoms with Crippen molar-refractivity contribution < 1.29 is 23.7 Å². The van der Waals surface area contributed by atoms with Gasteiger partial charge in [0.15, 0.2) is 0 Å². The van der Waals surface area contributed by atoms with Crippen LogP contribution in [-0.4, -0.2) is 44.6 Å². The summed E-state index contributed by atoms with van der Waals surface area (Å²) in [6.45, 7) is 7.70. The fourth-order valence-corrected chi connectivity index (χ4v) is 4.24. The standard InChI is InChI=1S/C32H40O5/c1-31(2,3)37-30(33)26-35-23-15-7-14-22-34-24-25-36-32(27-16-8-4-9-17-27,28-18-10-5-11-19-28)29-20-12-6-13-21-29/h4-6,8-13,16-21H,7,14-15,22-26H2,1-3H3. The molecule has 0 saturated heterocycles. The monoisotopic (exact) mass is 504 g/mol. The summed E-state index contributed by atoms with van der Waals surface area (Å²) in [6.07, 6.45) is 2.77. The van der Waals surface area contributed by atoms with Gasteiger partial charge in [-0.3, -0.25) is 0 Å². The Hall–Kier alpha value is -2.99. The molecule has 0 bridgehead atoms. The molecule has 0 fully saturated rings. The number of ether oxygens (including phenoxy) is 4. The summed E-state index contributed by atoms with van der Waals surface area (Å²) in [6, 6.07) is 31.1. The summed E-state index contributed by atoms with van der Waals surface area (Å²) in [4.78, 5) is 11.7. The van der Waals surface area contributed by atoms with Crippen molar-refractivity contribution in [1.29, 1.82) is 0 Å². The average Bonchev–Trinajstić information content (AvgIpc) is 2.90. The molecule has 0 N–H and O–H groups in total. The molecule has 0 aliphatic carbocycles. The topological polar surface area (TPSA) is 54.0 Å². The number of hydrogen-bond acceptors (Lipinski definition) is 5. The summed E-state index contributed by atoms with van der Waals surface area (Å²) in [5, 5.41) is 0. The normalized spacial score (nSPS) is 11.9. The maximum Gasteiger partial charge on any atom is 0.332 e. The van der Waals surface area contributed by atoms with E-state index in [0.717, 1.165) is 36.0 Å². The number of esters is 1. The average molecular weight is 505 g/mol. The van der Waals surface area contributed by atoms with Crippen LogP contribution in [0.5, 0.6) is 0 Å². The van der Waals surface area contributed by atoms with Crippen molar-refractivity contribution in [3.63, 3.8) is 0 Å². The fourth-order valence-electron chi connectivity index (χ4n) is 4.24. The molecule has 3 aromatic carbocycles. The minimum atomic E-state index is -0.724. The van der Waals surface area contributed by atoms with E-state index >= 15 is 0 Å². The van der Waals surface area contributed by atoms with Gasteiger partial charge in [0.1, 0.15) is 17.8 Å². The molecule has 5 heteroatoms. The van der Waals surface area contributed by atoms with Crippen LogP contribution in [0.25, 0.3) is 0 Å². The molecular weight excluding hydrogens is 464 g/mol. The van der Waals surface area contributed by atoms with Gasteiger partial charge in [-0.05, 0) is 56.7 Å². The molecule has 0 unspecified atom stereocenters. The lowest BCUT2D eigenvalue weighted by molar-refractivity contribution is -0.160. The maximum absolute atomic E-state index is 11.7. The Morgan fingerprint density at radius 2 is 1.05 bits per heavy atom. The fraction of sp³-hybridized carbons (Fsp3) is 0.406. The molecule has 0 aliphatic rings. The van der Waals surface area contributed by atoms with E-state index in [4.69, 9.17) is 18.9 Å². The van der Waals surface area contributed by atoms with Crippen molar-refractivity contribution in [1.82, 2.24) is 0 Å². The van der Waals surface area contributed by atoms with Crippen LogP contribution in [0.3, 0.4) is 0 Å². The van der Waals surface area contributed by atoms with E-state index < -0.39 is 11.2 Å². The summed E-state index contributed by atoms with van der Waals surface area (Å²) in [7, 11) is 0. The quantitative estimate of drug-likeness (QED) is 0.134. The first-order valence-corrected chi connectivity index (χ1v) is 13.1. The summed E-state index contributed by atoms with van der Waals surface area (Å²) < 4.78 is 23.3. The van der Waals surface area contributed by atoms with Gasteiger partial charge < -0.3 is 18.9 Å². The second-order valence-electron chi connectivity index (χ2n) is 9.94. The number of carbonyl (C=O) groups excluding carboxylic acids is 1. The molecule has 0 aliphatic heterocycles. The van der Waals surface area contributed by atoms with E-state index in [-0.39, 0.29) is 12.6 Å². The number of benzene rings is 3. The first kappa shape index (κ1) is 28.6. The highest BCUT2D eigenvalue weighted by molar-refractivity contribution is 5.71. The molecule has 0 atom stereocenters. The third-order valence-corrected chi connectivity index (χ3v) is 5.80. The van der Waals surface area contributed by atoms with Crippen LogP contribution in [0.1, 0.15) is 56.7 Å². The van der Waals surface area contributed by atoms with E-state index in [1.165, 1.54) is 0 Å². The van der Waals surface area contributed by atoms with E-state index in [0.29, 0.717) is 26.4 Å². The van der Waals surface area contributed by atoms with Gasteiger partial charge in [0, 0.05) is 13.2 Å². The van der Waals surface area contributed by atoms with E-state index in [2.05, 4.69) is 36.4 Å². The van der Waals surface area contributed by atoms with Crippen LogP contribution in [0.2, 0.25) is 0 Å². The Morgan fingerprint density at radius 3 is 1.51 bits per heavy atom. The SMILES string of the molecule is CC(C)(C)OC(=O)COCCCCCOCCOC(c1ccccc1)(c1ccccc1)c1ccccc1. The molecule has 3 rings (SSSR count). The van der Waals surface area contributed by atoms with Crippen molar-refractivity contribution in [2.45, 2.75) is 51.2 Å². The zero-order chi connectivity index (χ0) is 26.4. The highest BCUT2D eigenvalue weighted by atomic mass is 16.6. The molecule has 0 amide bonds. The van der Waals surface area contributed by atoms with Gasteiger partial charge in [-0.25, -0.2) is 4.79 Å². The molecule has 0 heterocycles. The zero-order valence-corrected chi connectivity index (χ0v) is 22.4. The zero-order valence-electron chi connectivity index (χ0n) is 22.4. The van der Waals surface area contributed by atoms with Gasteiger partial charge in [-0.2, -0.15) is 0 Å². The van der Waals surface area contributed by atoms with Crippen molar-refractivity contribution in [3.8, 4) is 0 Å². The minimum Gasteiger partial charge on any atom is -0.458 e. The maximum atomic E-state index is 11.7. The summed E-state index contributed by atoms with van der Waals surface area (Å²) >= 11 is 0. The van der Waals surface area contributed by atoms with Crippen LogP contribution in [0.15, 0.2) is 91.0 Å². The van der Waals surface area contributed by atoms with Crippen molar-refractivity contribution in [2.75, 3.05) is 33.0 Å². The molecule has 0 spiro atoms. The van der Waals surface area contributed by atoms with Crippen LogP contribution in [0, 0.1) is 0 Å². The Balaban J connectivity index is 1.47. The number of unbranched alkanes of at least 4 members (excludes halogenated alkanes) is 2. The van der Waals surface area contributed by atoms with E-state index in [9.17, 15) is 4.79 Å². The highest BCUT2D eigenvalue weighted by Gasteiger charge is 2.37.